The van der Waals surface area contributed by atoms with E-state index in [1.807, 2.05) is 38.4 Å². The maximum Gasteiger partial charge on any atom is 0.241 e. The number of halogens is 2. The van der Waals surface area contributed by atoms with E-state index in [2.05, 4.69) is 15.5 Å². The van der Waals surface area contributed by atoms with Crippen LogP contribution in [-0.2, 0) is 27.7 Å². The normalized spacial score (nSPS) is 16.3. The van der Waals surface area contributed by atoms with Crippen molar-refractivity contribution in [1.29, 1.82) is 0 Å². The van der Waals surface area contributed by atoms with Crippen LogP contribution in [0, 0.1) is 0 Å². The molecule has 0 saturated carbocycles. The van der Waals surface area contributed by atoms with Crippen molar-refractivity contribution in [1.82, 2.24) is 15.5 Å². The first-order chi connectivity index (χ1) is 11.2. The van der Waals surface area contributed by atoms with Gasteiger partial charge in [0.15, 0.2) is 14.6 Å². The molecule has 6 nitrogen and oxygen atoms in total. The Morgan fingerprint density at radius 2 is 1.77 bits per heavy atom. The topological polar surface area (TPSA) is 78.5 Å². The van der Waals surface area contributed by atoms with Crippen LogP contribution in [0.2, 0.25) is 0 Å². The number of piperidine rings is 1. The molecule has 2 N–H and O–H groups in total. The summed E-state index contributed by atoms with van der Waals surface area (Å²) >= 11 is 0. The molecule has 9 heteroatoms. The van der Waals surface area contributed by atoms with Gasteiger partial charge in [-0.2, -0.15) is 0 Å². The summed E-state index contributed by atoms with van der Waals surface area (Å²) in [5.41, 5.74) is 2.13. The number of hydrogen-bond donors (Lipinski definition) is 2. The van der Waals surface area contributed by atoms with Crippen molar-refractivity contribution in [3.05, 3.63) is 35.4 Å². The molecule has 2 rings (SSSR count). The quantitative estimate of drug-likeness (QED) is 0.719. The van der Waals surface area contributed by atoms with Crippen molar-refractivity contribution in [2.75, 3.05) is 33.4 Å². The summed E-state index contributed by atoms with van der Waals surface area (Å²) in [5, 5.41) is 5.95. The monoisotopic (exact) mass is 425 g/mol. The lowest BCUT2D eigenvalue weighted by molar-refractivity contribution is -0.124. The minimum Gasteiger partial charge on any atom is -0.351 e. The Hall–Kier alpha value is -0.860. The fraction of sp³-hybridized carbons (Fsp3) is 0.588. The molecule has 1 fully saturated rings. The summed E-state index contributed by atoms with van der Waals surface area (Å²) in [6.07, 6.45) is 1.80. The standard InChI is InChI=1S/C17H27N3O3S.2ClH/c1-20(2)13-15-6-4-5-14(11-15)12-19-16(21)17(24(3,22)23)7-9-18-10-8-17;;/h4-6,11,18H,7-10,12-13H2,1-3H3,(H,19,21);2*1H. The lowest BCUT2D eigenvalue weighted by Gasteiger charge is -2.34. The van der Waals surface area contributed by atoms with Gasteiger partial charge in [0.2, 0.25) is 5.91 Å². The molecule has 150 valence electrons. The summed E-state index contributed by atoms with van der Waals surface area (Å²) in [6, 6.07) is 7.97. The Kier molecular flexibility index (Phi) is 10.1. The average molecular weight is 426 g/mol. The third-order valence-corrected chi connectivity index (χ3v) is 6.49. The second kappa shape index (κ2) is 10.5. The lowest BCUT2D eigenvalue weighted by Crippen LogP contribution is -2.57. The van der Waals surface area contributed by atoms with Crippen LogP contribution in [0.3, 0.4) is 0 Å². The largest absolute Gasteiger partial charge is 0.351 e. The van der Waals surface area contributed by atoms with Crippen molar-refractivity contribution < 1.29 is 13.2 Å². The van der Waals surface area contributed by atoms with Gasteiger partial charge in [0.05, 0.1) is 0 Å². The number of rotatable bonds is 6. The number of benzene rings is 1. The molecule has 0 atom stereocenters. The van der Waals surface area contributed by atoms with E-state index in [4.69, 9.17) is 0 Å². The molecule has 0 aliphatic carbocycles. The fourth-order valence-electron chi connectivity index (χ4n) is 3.14. The minimum atomic E-state index is -3.47. The third-order valence-electron chi connectivity index (χ3n) is 4.48. The third kappa shape index (κ3) is 6.09. The van der Waals surface area contributed by atoms with Gasteiger partial charge in [-0.25, -0.2) is 8.42 Å². The number of carbonyl (C=O) groups is 1. The zero-order valence-corrected chi connectivity index (χ0v) is 17.9. The fourth-order valence-corrected chi connectivity index (χ4v) is 4.50. The van der Waals surface area contributed by atoms with Gasteiger partial charge < -0.3 is 15.5 Å². The van der Waals surface area contributed by atoms with Gasteiger partial charge in [0.25, 0.3) is 0 Å². The Morgan fingerprint density at radius 3 is 2.31 bits per heavy atom. The first-order valence-corrected chi connectivity index (χ1v) is 10.0. The highest BCUT2D eigenvalue weighted by Crippen LogP contribution is 2.28. The molecule has 1 aliphatic rings. The summed E-state index contributed by atoms with van der Waals surface area (Å²) in [7, 11) is 0.529. The Balaban J connectivity index is 0.00000312. The number of amides is 1. The molecule has 26 heavy (non-hydrogen) atoms. The van der Waals surface area contributed by atoms with Crippen molar-refractivity contribution in [3.8, 4) is 0 Å². The Bertz CT molecular complexity index is 690. The molecule has 1 saturated heterocycles. The highest BCUT2D eigenvalue weighted by atomic mass is 35.5. The van der Waals surface area contributed by atoms with Crippen LogP contribution >= 0.6 is 24.8 Å². The van der Waals surface area contributed by atoms with E-state index in [1.54, 1.807) is 0 Å². The van der Waals surface area contributed by atoms with Gasteiger partial charge in [-0.1, -0.05) is 24.3 Å². The van der Waals surface area contributed by atoms with Crippen molar-refractivity contribution in [2.45, 2.75) is 30.7 Å². The van der Waals surface area contributed by atoms with Crippen LogP contribution in [0.5, 0.6) is 0 Å². The van der Waals surface area contributed by atoms with Crippen LogP contribution in [0.4, 0.5) is 0 Å². The van der Waals surface area contributed by atoms with E-state index in [9.17, 15) is 13.2 Å². The smallest absolute Gasteiger partial charge is 0.241 e. The summed E-state index contributed by atoms with van der Waals surface area (Å²) in [6.45, 7) is 2.24. The molecular weight excluding hydrogens is 397 g/mol. The van der Waals surface area contributed by atoms with Gasteiger partial charge in [0.1, 0.15) is 0 Å². The maximum atomic E-state index is 12.7. The molecular formula is C17H29Cl2N3O3S. The molecule has 0 spiro atoms. The van der Waals surface area contributed by atoms with Gasteiger partial charge in [-0.05, 0) is 51.2 Å². The SMILES string of the molecule is CN(C)Cc1cccc(CNC(=O)C2(S(C)(=O)=O)CCNCC2)c1.Cl.Cl. The van der Waals surface area contributed by atoms with Crippen molar-refractivity contribution in [2.24, 2.45) is 0 Å². The molecule has 0 bridgehead atoms. The Morgan fingerprint density at radius 1 is 1.19 bits per heavy atom. The van der Waals surface area contributed by atoms with Gasteiger partial charge >= 0.3 is 0 Å². The zero-order chi connectivity index (χ0) is 17.8. The average Bonchev–Trinajstić information content (AvgIpc) is 2.52. The van der Waals surface area contributed by atoms with Gasteiger partial charge in [-0.15, -0.1) is 24.8 Å². The van der Waals surface area contributed by atoms with E-state index in [-0.39, 0.29) is 30.7 Å². The van der Waals surface area contributed by atoms with Gasteiger partial charge in [-0.3, -0.25) is 4.79 Å². The van der Waals surface area contributed by atoms with Crippen LogP contribution in [0.25, 0.3) is 0 Å². The zero-order valence-electron chi connectivity index (χ0n) is 15.4. The number of nitrogens with one attached hydrogen (secondary N) is 2. The van der Waals surface area contributed by atoms with Crippen LogP contribution < -0.4 is 10.6 Å². The number of carbonyl (C=O) groups excluding carboxylic acids is 1. The maximum absolute atomic E-state index is 12.7. The molecule has 1 aromatic carbocycles. The lowest BCUT2D eigenvalue weighted by atomic mass is 9.95. The number of hydrogen-bond acceptors (Lipinski definition) is 5. The van der Waals surface area contributed by atoms with E-state index in [0.29, 0.717) is 32.5 Å². The molecule has 1 heterocycles. The highest BCUT2D eigenvalue weighted by Gasteiger charge is 2.48. The van der Waals surface area contributed by atoms with Crippen LogP contribution in [0.15, 0.2) is 24.3 Å². The molecule has 0 unspecified atom stereocenters. The molecule has 0 aromatic heterocycles. The van der Waals surface area contributed by atoms with Crippen molar-refractivity contribution in [3.63, 3.8) is 0 Å². The first kappa shape index (κ1) is 25.1. The van der Waals surface area contributed by atoms with E-state index >= 15 is 0 Å². The van der Waals surface area contributed by atoms with Gasteiger partial charge in [0, 0.05) is 19.3 Å². The van der Waals surface area contributed by atoms with E-state index in [0.717, 1.165) is 23.9 Å². The molecule has 1 aliphatic heterocycles. The number of nitrogens with zero attached hydrogens (tertiary/aromatic N) is 1. The van der Waals surface area contributed by atoms with Crippen LogP contribution in [0.1, 0.15) is 24.0 Å². The second-order valence-electron chi connectivity index (χ2n) is 6.76. The summed E-state index contributed by atoms with van der Waals surface area (Å²) < 4.78 is 23.2. The predicted octanol–water partition coefficient (Wildman–Crippen LogP) is 1.37. The predicted molar refractivity (Wildman–Crippen MR) is 110 cm³/mol. The number of sulfone groups is 1. The highest BCUT2D eigenvalue weighted by molar-refractivity contribution is 7.92. The minimum absolute atomic E-state index is 0. The molecule has 1 aromatic rings. The van der Waals surface area contributed by atoms with E-state index in [1.165, 1.54) is 0 Å². The molecule has 1 amide bonds. The summed E-state index contributed by atoms with van der Waals surface area (Å²) in [4.78, 5) is 14.8. The summed E-state index contributed by atoms with van der Waals surface area (Å²) in [5.74, 6) is -0.385. The first-order valence-electron chi connectivity index (χ1n) is 8.16. The second-order valence-corrected chi connectivity index (χ2v) is 9.08. The Labute approximate surface area is 168 Å². The molecule has 0 radical (unpaired) electrons. The van der Waals surface area contributed by atoms with Crippen molar-refractivity contribution >= 4 is 40.6 Å². The van der Waals surface area contributed by atoms with E-state index < -0.39 is 14.6 Å². The van der Waals surface area contributed by atoms with Crippen LogP contribution in [-0.4, -0.2) is 57.4 Å².